The number of rotatable bonds is 3. The average Bonchev–Trinajstić information content (AvgIpc) is 3.32. The number of carbonyl (C=O) groups is 1. The Bertz CT molecular complexity index is 1730. The highest BCUT2D eigenvalue weighted by Crippen LogP contribution is 2.33. The van der Waals surface area contributed by atoms with Gasteiger partial charge in [-0.2, -0.15) is 5.10 Å². The Kier molecular flexibility index (Phi) is 4.53. The smallest absolute Gasteiger partial charge is 0.414 e. The van der Waals surface area contributed by atoms with Crippen LogP contribution < -0.4 is 10.6 Å². The van der Waals surface area contributed by atoms with Crippen LogP contribution in [0.3, 0.4) is 0 Å². The van der Waals surface area contributed by atoms with Gasteiger partial charge in [-0.1, -0.05) is 6.07 Å². The second kappa shape index (κ2) is 7.52. The van der Waals surface area contributed by atoms with Crippen LogP contribution in [0.5, 0.6) is 0 Å². The summed E-state index contributed by atoms with van der Waals surface area (Å²) >= 11 is 0. The zero-order valence-electron chi connectivity index (χ0n) is 19.8. The van der Waals surface area contributed by atoms with Crippen molar-refractivity contribution in [2.24, 2.45) is 14.1 Å². The van der Waals surface area contributed by atoms with Gasteiger partial charge in [-0.15, -0.1) is 0 Å². The first-order valence-electron chi connectivity index (χ1n) is 11.3. The number of cyclic esters (lactones) is 1. The number of nitrogens with zero attached hydrogens (tertiary/aromatic N) is 7. The van der Waals surface area contributed by atoms with Gasteiger partial charge >= 0.3 is 11.8 Å². The lowest BCUT2D eigenvalue weighted by atomic mass is 10.0. The fourth-order valence-corrected chi connectivity index (χ4v) is 4.80. The molecule has 1 aliphatic heterocycles. The molecule has 6 rings (SSSR count). The van der Waals surface area contributed by atoms with E-state index in [1.807, 2.05) is 51.4 Å². The van der Waals surface area contributed by atoms with Gasteiger partial charge < -0.3 is 4.74 Å². The molecule has 0 saturated carbocycles. The molecule has 0 unspecified atom stereocenters. The van der Waals surface area contributed by atoms with E-state index in [-0.39, 0.29) is 18.4 Å². The number of amides is 1. The summed E-state index contributed by atoms with van der Waals surface area (Å²) in [6.45, 7) is 4.43. The SMILES string of the molecule is CCN1C(=O)OCc2ncc(-c3ccc4ncc5c(c4c3)n(-c3cn(C)nc3C)c(=O)n5C)cc21. The topological polar surface area (TPSA) is 100 Å². The van der Waals surface area contributed by atoms with Crippen LogP contribution in [0.4, 0.5) is 10.5 Å². The lowest BCUT2D eigenvalue weighted by Gasteiger charge is -2.27. The van der Waals surface area contributed by atoms with Crippen molar-refractivity contribution in [2.45, 2.75) is 20.5 Å². The van der Waals surface area contributed by atoms with Gasteiger partial charge in [0, 0.05) is 44.0 Å². The zero-order valence-corrected chi connectivity index (χ0v) is 19.8. The van der Waals surface area contributed by atoms with Crippen LogP contribution in [-0.4, -0.2) is 41.5 Å². The van der Waals surface area contributed by atoms with E-state index >= 15 is 0 Å². The minimum absolute atomic E-state index is 0.161. The lowest BCUT2D eigenvalue weighted by Crippen LogP contribution is -2.35. The summed E-state index contributed by atoms with van der Waals surface area (Å²) in [4.78, 5) is 36.3. The zero-order chi connectivity index (χ0) is 24.4. The van der Waals surface area contributed by atoms with Crippen molar-refractivity contribution < 1.29 is 9.53 Å². The highest BCUT2D eigenvalue weighted by Gasteiger charge is 2.26. The molecule has 0 spiro atoms. The molecule has 0 radical (unpaired) electrons. The number of pyridine rings is 2. The van der Waals surface area contributed by atoms with Crippen LogP contribution in [0, 0.1) is 6.92 Å². The molecule has 0 atom stereocenters. The Balaban J connectivity index is 1.61. The minimum Gasteiger partial charge on any atom is -0.443 e. The van der Waals surface area contributed by atoms with E-state index in [4.69, 9.17) is 4.74 Å². The Morgan fingerprint density at radius 3 is 2.60 bits per heavy atom. The molecule has 10 heteroatoms. The maximum absolute atomic E-state index is 13.3. The molecule has 10 nitrogen and oxygen atoms in total. The Morgan fingerprint density at radius 1 is 1.03 bits per heavy atom. The standard InChI is InChI=1S/C25H23N7O3/c1-5-31-20-9-16(10-26-19(20)13-35-25(31)34)15-6-7-18-17(8-15)23-21(11-27-18)30(4)24(33)32(23)22-12-29(3)28-14(22)2/h6-12H,5,13H2,1-4H3. The molecule has 4 aromatic heterocycles. The largest absolute Gasteiger partial charge is 0.443 e. The highest BCUT2D eigenvalue weighted by molar-refractivity contribution is 6.04. The van der Waals surface area contributed by atoms with Gasteiger partial charge in [0.2, 0.25) is 0 Å². The van der Waals surface area contributed by atoms with Crippen LogP contribution in [0.25, 0.3) is 38.8 Å². The molecule has 0 fully saturated rings. The average molecular weight is 470 g/mol. The number of ether oxygens (including phenoxy) is 1. The molecule has 0 saturated heterocycles. The van der Waals surface area contributed by atoms with E-state index in [1.165, 1.54) is 0 Å². The lowest BCUT2D eigenvalue weighted by molar-refractivity contribution is 0.140. The quantitative estimate of drug-likeness (QED) is 0.401. The third-order valence-electron chi connectivity index (χ3n) is 6.55. The summed E-state index contributed by atoms with van der Waals surface area (Å²) in [6, 6.07) is 7.90. The van der Waals surface area contributed by atoms with Crippen molar-refractivity contribution in [1.82, 2.24) is 28.9 Å². The predicted octanol–water partition coefficient (Wildman–Crippen LogP) is 3.46. The van der Waals surface area contributed by atoms with E-state index in [1.54, 1.807) is 38.2 Å². The Labute approximate surface area is 200 Å². The molecule has 5 aromatic rings. The molecule has 1 amide bonds. The first-order chi connectivity index (χ1) is 16.9. The molecule has 35 heavy (non-hydrogen) atoms. The minimum atomic E-state index is -0.372. The van der Waals surface area contributed by atoms with Crippen molar-refractivity contribution >= 4 is 33.7 Å². The number of carbonyl (C=O) groups excluding carboxylic acids is 1. The maximum Gasteiger partial charge on any atom is 0.414 e. The predicted molar refractivity (Wildman–Crippen MR) is 132 cm³/mol. The van der Waals surface area contributed by atoms with E-state index < -0.39 is 0 Å². The normalized spacial score (nSPS) is 13.5. The molecule has 0 aliphatic carbocycles. The number of imidazole rings is 1. The maximum atomic E-state index is 13.3. The van der Waals surface area contributed by atoms with Crippen molar-refractivity contribution in [3.8, 4) is 16.8 Å². The third kappa shape index (κ3) is 3.06. The van der Waals surface area contributed by atoms with Gasteiger partial charge in [0.15, 0.2) is 0 Å². The summed E-state index contributed by atoms with van der Waals surface area (Å²) in [5, 5.41) is 5.27. The second-order valence-electron chi connectivity index (χ2n) is 8.66. The van der Waals surface area contributed by atoms with Gasteiger partial charge in [0.1, 0.15) is 12.3 Å². The molecule has 5 heterocycles. The third-order valence-corrected chi connectivity index (χ3v) is 6.55. The number of aromatic nitrogens is 6. The molecule has 1 aliphatic rings. The number of hydrogen-bond acceptors (Lipinski definition) is 6. The van der Waals surface area contributed by atoms with E-state index in [9.17, 15) is 9.59 Å². The number of benzene rings is 1. The van der Waals surface area contributed by atoms with Crippen molar-refractivity contribution in [2.75, 3.05) is 11.4 Å². The van der Waals surface area contributed by atoms with Gasteiger partial charge in [-0.3, -0.25) is 28.7 Å². The van der Waals surface area contributed by atoms with E-state index in [0.717, 1.165) is 55.8 Å². The Hall–Kier alpha value is -4.47. The first-order valence-corrected chi connectivity index (χ1v) is 11.3. The van der Waals surface area contributed by atoms with Crippen molar-refractivity contribution in [3.63, 3.8) is 0 Å². The second-order valence-corrected chi connectivity index (χ2v) is 8.66. The van der Waals surface area contributed by atoms with Crippen LogP contribution in [0.15, 0.2) is 47.7 Å². The summed E-state index contributed by atoms with van der Waals surface area (Å²) in [5.74, 6) is 0. The first kappa shape index (κ1) is 21.1. The van der Waals surface area contributed by atoms with Gasteiger partial charge in [0.25, 0.3) is 0 Å². The molecular weight excluding hydrogens is 446 g/mol. The monoisotopic (exact) mass is 469 g/mol. The number of anilines is 1. The Morgan fingerprint density at radius 2 is 1.86 bits per heavy atom. The molecular formula is C25H23N7O3. The number of fused-ring (bicyclic) bond motifs is 4. The van der Waals surface area contributed by atoms with Gasteiger partial charge in [-0.25, -0.2) is 9.59 Å². The number of hydrogen-bond donors (Lipinski definition) is 0. The molecule has 0 N–H and O–H groups in total. The molecule has 176 valence electrons. The van der Waals surface area contributed by atoms with Crippen LogP contribution in [0.2, 0.25) is 0 Å². The number of aryl methyl sites for hydroxylation is 3. The summed E-state index contributed by atoms with van der Waals surface area (Å²) < 4.78 is 10.2. The van der Waals surface area contributed by atoms with Crippen LogP contribution in [0.1, 0.15) is 18.3 Å². The summed E-state index contributed by atoms with van der Waals surface area (Å²) in [5.41, 5.74) is 6.83. The summed E-state index contributed by atoms with van der Waals surface area (Å²) in [7, 11) is 3.58. The van der Waals surface area contributed by atoms with E-state index in [2.05, 4.69) is 15.1 Å². The van der Waals surface area contributed by atoms with Gasteiger partial charge in [0.05, 0.1) is 39.8 Å². The highest BCUT2D eigenvalue weighted by atomic mass is 16.6. The molecule has 1 aromatic carbocycles. The van der Waals surface area contributed by atoms with Crippen LogP contribution >= 0.6 is 0 Å². The van der Waals surface area contributed by atoms with Crippen LogP contribution in [-0.2, 0) is 25.4 Å². The fourth-order valence-electron chi connectivity index (χ4n) is 4.80. The van der Waals surface area contributed by atoms with Gasteiger partial charge in [-0.05, 0) is 37.6 Å². The van der Waals surface area contributed by atoms with Crippen molar-refractivity contribution in [3.05, 3.63) is 64.7 Å². The summed E-state index contributed by atoms with van der Waals surface area (Å²) in [6.07, 6.45) is 4.98. The van der Waals surface area contributed by atoms with E-state index in [0.29, 0.717) is 6.54 Å². The molecule has 0 bridgehead atoms. The van der Waals surface area contributed by atoms with Crippen molar-refractivity contribution in [1.29, 1.82) is 0 Å². The fraction of sp³-hybridized carbons (Fsp3) is 0.240.